The molecule has 1 heterocycles. The van der Waals surface area contributed by atoms with E-state index in [1.165, 1.54) is 18.2 Å². The van der Waals surface area contributed by atoms with Crippen molar-refractivity contribution in [3.8, 4) is 0 Å². The third-order valence-corrected chi connectivity index (χ3v) is 4.21. The van der Waals surface area contributed by atoms with E-state index in [0.29, 0.717) is 4.90 Å². The first-order valence-electron chi connectivity index (χ1n) is 8.20. The molecule has 11 heteroatoms. The van der Waals surface area contributed by atoms with Crippen molar-refractivity contribution in [2.45, 2.75) is 12.6 Å². The Balaban J connectivity index is 1.69. The van der Waals surface area contributed by atoms with Crippen molar-refractivity contribution >= 4 is 29.1 Å². The number of nitro benzene ring substituents is 1. The lowest BCUT2D eigenvalue weighted by molar-refractivity contribution is -0.385. The molecule has 1 N–H and O–H groups in total. The van der Waals surface area contributed by atoms with Gasteiger partial charge in [-0.3, -0.25) is 29.4 Å². The average molecular weight is 407 g/mol. The number of nitrogens with one attached hydrogen (secondary N) is 1. The quantitative estimate of drug-likeness (QED) is 0.465. The van der Waals surface area contributed by atoms with E-state index in [0.717, 1.165) is 24.3 Å². The lowest BCUT2D eigenvalue weighted by Crippen LogP contribution is -2.33. The van der Waals surface area contributed by atoms with Gasteiger partial charge >= 0.3 is 6.18 Å². The van der Waals surface area contributed by atoms with Gasteiger partial charge in [0, 0.05) is 24.7 Å². The molecule has 1 aliphatic rings. The summed E-state index contributed by atoms with van der Waals surface area (Å²) in [6.45, 7) is -0.381. The second kappa shape index (κ2) is 7.34. The highest BCUT2D eigenvalue weighted by molar-refractivity contribution is 6.23. The normalized spacial score (nSPS) is 13.4. The Bertz CT molecular complexity index is 1040. The molecule has 2 aromatic carbocycles. The monoisotopic (exact) mass is 407 g/mol. The number of benzene rings is 2. The zero-order chi connectivity index (χ0) is 21.3. The Morgan fingerprint density at radius 1 is 1.10 bits per heavy atom. The summed E-state index contributed by atoms with van der Waals surface area (Å²) in [5.74, 6) is -2.40. The van der Waals surface area contributed by atoms with Crippen LogP contribution in [0.5, 0.6) is 0 Å². The molecule has 0 atom stereocenters. The Hall–Kier alpha value is -3.76. The van der Waals surface area contributed by atoms with Crippen molar-refractivity contribution < 1.29 is 32.5 Å². The smallest absolute Gasteiger partial charge is 0.326 e. The lowest BCUT2D eigenvalue weighted by atomic mass is 10.1. The standard InChI is InChI=1S/C18H12F3N3O5/c19-18(20,21)10-3-1-4-11(9-10)22-14(25)7-8-23-16(26)12-5-2-6-13(24(28)29)15(12)17(23)27/h1-6,9H,7-8H2,(H,22,25). The van der Waals surface area contributed by atoms with Gasteiger partial charge in [0.15, 0.2) is 0 Å². The van der Waals surface area contributed by atoms with Gasteiger partial charge in [0.25, 0.3) is 17.5 Å². The van der Waals surface area contributed by atoms with E-state index in [1.807, 2.05) is 0 Å². The van der Waals surface area contributed by atoms with Crippen LogP contribution in [0, 0.1) is 10.1 Å². The van der Waals surface area contributed by atoms with Crippen LogP contribution in [0.4, 0.5) is 24.5 Å². The number of alkyl halides is 3. The van der Waals surface area contributed by atoms with E-state index in [9.17, 15) is 37.7 Å². The molecular weight excluding hydrogens is 395 g/mol. The molecule has 0 fully saturated rings. The summed E-state index contributed by atoms with van der Waals surface area (Å²) in [7, 11) is 0. The lowest BCUT2D eigenvalue weighted by Gasteiger charge is -2.14. The van der Waals surface area contributed by atoms with Crippen LogP contribution >= 0.6 is 0 Å². The van der Waals surface area contributed by atoms with Gasteiger partial charge in [0.1, 0.15) is 5.56 Å². The maximum atomic E-state index is 12.7. The number of imide groups is 1. The van der Waals surface area contributed by atoms with Gasteiger partial charge in [-0.1, -0.05) is 12.1 Å². The summed E-state index contributed by atoms with van der Waals surface area (Å²) >= 11 is 0. The number of rotatable bonds is 5. The number of carbonyl (C=O) groups excluding carboxylic acids is 3. The van der Waals surface area contributed by atoms with Crippen molar-refractivity contribution in [3.05, 3.63) is 69.3 Å². The number of hydrogen-bond acceptors (Lipinski definition) is 5. The van der Waals surface area contributed by atoms with Crippen LogP contribution in [0.25, 0.3) is 0 Å². The number of fused-ring (bicyclic) bond motifs is 1. The largest absolute Gasteiger partial charge is 0.416 e. The molecule has 0 radical (unpaired) electrons. The molecule has 1 aliphatic heterocycles. The topological polar surface area (TPSA) is 110 Å². The zero-order valence-corrected chi connectivity index (χ0v) is 14.5. The number of carbonyl (C=O) groups is 3. The highest BCUT2D eigenvalue weighted by Crippen LogP contribution is 2.32. The van der Waals surface area contributed by atoms with E-state index in [1.54, 1.807) is 0 Å². The Morgan fingerprint density at radius 2 is 1.79 bits per heavy atom. The molecule has 0 saturated carbocycles. The number of nitrogens with zero attached hydrogens (tertiary/aromatic N) is 2. The van der Waals surface area contributed by atoms with Crippen LogP contribution < -0.4 is 5.32 Å². The second-order valence-electron chi connectivity index (χ2n) is 6.10. The van der Waals surface area contributed by atoms with Crippen LogP contribution in [0.1, 0.15) is 32.7 Å². The van der Waals surface area contributed by atoms with Gasteiger partial charge in [0.05, 0.1) is 16.1 Å². The number of nitro groups is 1. The maximum absolute atomic E-state index is 12.7. The molecule has 0 aromatic heterocycles. The van der Waals surface area contributed by atoms with Crippen molar-refractivity contribution in [1.29, 1.82) is 0 Å². The SMILES string of the molecule is O=C(CCN1C(=O)c2cccc([N+](=O)[O-])c2C1=O)Nc1cccc(C(F)(F)F)c1. The Labute approximate surface area is 161 Å². The van der Waals surface area contributed by atoms with Gasteiger partial charge in [-0.05, 0) is 24.3 Å². The number of halogens is 3. The number of hydrogen-bond donors (Lipinski definition) is 1. The van der Waals surface area contributed by atoms with Crippen LogP contribution in [0.3, 0.4) is 0 Å². The summed E-state index contributed by atoms with van der Waals surface area (Å²) in [4.78, 5) is 47.8. The molecule has 3 rings (SSSR count). The first-order valence-corrected chi connectivity index (χ1v) is 8.20. The van der Waals surface area contributed by atoms with Crippen LogP contribution in [-0.4, -0.2) is 34.1 Å². The molecule has 0 aliphatic carbocycles. The van der Waals surface area contributed by atoms with Gasteiger partial charge in [-0.2, -0.15) is 13.2 Å². The zero-order valence-electron chi connectivity index (χ0n) is 14.5. The number of anilines is 1. The summed E-state index contributed by atoms with van der Waals surface area (Å²) in [5, 5.41) is 13.3. The third-order valence-electron chi connectivity index (χ3n) is 4.21. The molecule has 3 amide bonds. The van der Waals surface area contributed by atoms with E-state index in [-0.39, 0.29) is 23.4 Å². The van der Waals surface area contributed by atoms with Crippen molar-refractivity contribution in [3.63, 3.8) is 0 Å². The van der Waals surface area contributed by atoms with Crippen LogP contribution in [0.15, 0.2) is 42.5 Å². The molecule has 150 valence electrons. The van der Waals surface area contributed by atoms with Crippen molar-refractivity contribution in [2.24, 2.45) is 0 Å². The summed E-state index contributed by atoms with van der Waals surface area (Å²) in [5.41, 5.74) is -2.04. The van der Waals surface area contributed by atoms with Crippen molar-refractivity contribution in [1.82, 2.24) is 4.90 Å². The van der Waals surface area contributed by atoms with Crippen LogP contribution in [0.2, 0.25) is 0 Å². The second-order valence-corrected chi connectivity index (χ2v) is 6.10. The molecule has 0 saturated heterocycles. The first kappa shape index (κ1) is 20.0. The van der Waals surface area contributed by atoms with Gasteiger partial charge < -0.3 is 5.32 Å². The molecule has 0 unspecified atom stereocenters. The van der Waals surface area contributed by atoms with Gasteiger partial charge in [-0.25, -0.2) is 0 Å². The fourth-order valence-corrected chi connectivity index (χ4v) is 2.88. The minimum absolute atomic E-state index is 0.0946. The maximum Gasteiger partial charge on any atom is 0.416 e. The van der Waals surface area contributed by atoms with E-state index < -0.39 is 46.5 Å². The predicted molar refractivity (Wildman–Crippen MR) is 93.2 cm³/mol. The van der Waals surface area contributed by atoms with E-state index in [2.05, 4.69) is 5.32 Å². The number of amides is 3. The minimum atomic E-state index is -4.57. The summed E-state index contributed by atoms with van der Waals surface area (Å²) < 4.78 is 38.2. The van der Waals surface area contributed by atoms with E-state index >= 15 is 0 Å². The van der Waals surface area contributed by atoms with E-state index in [4.69, 9.17) is 0 Å². The minimum Gasteiger partial charge on any atom is -0.326 e. The fraction of sp³-hybridized carbons (Fsp3) is 0.167. The summed E-state index contributed by atoms with van der Waals surface area (Å²) in [6, 6.07) is 7.62. The fourth-order valence-electron chi connectivity index (χ4n) is 2.88. The molecule has 0 spiro atoms. The highest BCUT2D eigenvalue weighted by atomic mass is 19.4. The molecular formula is C18H12F3N3O5. The Morgan fingerprint density at radius 3 is 2.45 bits per heavy atom. The van der Waals surface area contributed by atoms with Gasteiger partial charge in [-0.15, -0.1) is 0 Å². The molecule has 2 aromatic rings. The predicted octanol–water partition coefficient (Wildman–Crippen LogP) is 3.24. The molecule has 29 heavy (non-hydrogen) atoms. The van der Waals surface area contributed by atoms with Gasteiger partial charge in [0.2, 0.25) is 5.91 Å². The first-order chi connectivity index (χ1) is 13.6. The summed E-state index contributed by atoms with van der Waals surface area (Å²) in [6.07, 6.45) is -4.97. The third kappa shape index (κ3) is 3.93. The molecule has 0 bridgehead atoms. The highest BCUT2D eigenvalue weighted by Gasteiger charge is 2.40. The molecule has 8 nitrogen and oxygen atoms in total. The Kier molecular flexibility index (Phi) is 5.06. The average Bonchev–Trinajstić information content (AvgIpc) is 2.90. The van der Waals surface area contributed by atoms with Crippen molar-refractivity contribution in [2.75, 3.05) is 11.9 Å². The van der Waals surface area contributed by atoms with Crippen LogP contribution in [-0.2, 0) is 11.0 Å².